The fourth-order valence-electron chi connectivity index (χ4n) is 1.92. The Morgan fingerprint density at radius 2 is 2.25 bits per heavy atom. The Morgan fingerprint density at radius 1 is 1.50 bits per heavy atom. The molecule has 0 radical (unpaired) electrons. The number of carbonyl (C=O) groups excluding carboxylic acids is 1. The van der Waals surface area contributed by atoms with Crippen LogP contribution in [0.15, 0.2) is 36.7 Å². The van der Waals surface area contributed by atoms with Gasteiger partial charge in [-0.25, -0.2) is 4.39 Å². The third-order valence-corrected chi connectivity index (χ3v) is 3.36. The van der Waals surface area contributed by atoms with E-state index in [1.807, 2.05) is 0 Å². The van der Waals surface area contributed by atoms with Crippen LogP contribution in [0.2, 0.25) is 0 Å². The molecule has 2 aromatic rings. The van der Waals surface area contributed by atoms with Crippen LogP contribution < -0.4 is 10.1 Å². The minimum Gasteiger partial charge on any atom is -0.492 e. The van der Waals surface area contributed by atoms with Crippen molar-refractivity contribution in [2.75, 3.05) is 13.2 Å². The molecule has 1 heterocycles. The number of carbonyl (C=O) groups is 1. The van der Waals surface area contributed by atoms with Crippen LogP contribution in [-0.4, -0.2) is 33.8 Å². The number of aromatic nitrogens is 2. The first kappa shape index (κ1) is 17.4. The average Bonchev–Trinajstić information content (AvgIpc) is 3.02. The highest BCUT2D eigenvalue weighted by atomic mass is 19.1. The maximum atomic E-state index is 13.0. The predicted molar refractivity (Wildman–Crippen MR) is 83.1 cm³/mol. The first-order chi connectivity index (χ1) is 11.3. The third-order valence-electron chi connectivity index (χ3n) is 3.36. The highest BCUT2D eigenvalue weighted by Gasteiger charge is 2.31. The Hall–Kier alpha value is -2.97. The fraction of sp³-hybridized carbons (Fsp3) is 0.333. The SMILES string of the molecule is CC(C)(C(=O)NCCOc1cccc(F)c1)n1cc([N+](=O)[O-])cn1. The molecular weight excluding hydrogens is 319 g/mol. The number of benzene rings is 1. The summed E-state index contributed by atoms with van der Waals surface area (Å²) in [6, 6.07) is 5.68. The zero-order valence-electron chi connectivity index (χ0n) is 13.2. The van der Waals surface area contributed by atoms with Crippen LogP contribution in [0.25, 0.3) is 0 Å². The van der Waals surface area contributed by atoms with Gasteiger partial charge in [0.1, 0.15) is 36.1 Å². The zero-order valence-corrected chi connectivity index (χ0v) is 13.2. The lowest BCUT2D eigenvalue weighted by atomic mass is 10.1. The highest BCUT2D eigenvalue weighted by molar-refractivity contribution is 5.83. The lowest BCUT2D eigenvalue weighted by Crippen LogP contribution is -2.45. The molecule has 24 heavy (non-hydrogen) atoms. The summed E-state index contributed by atoms with van der Waals surface area (Å²) in [7, 11) is 0. The van der Waals surface area contributed by atoms with Crippen LogP contribution in [-0.2, 0) is 10.3 Å². The summed E-state index contributed by atoms with van der Waals surface area (Å²) in [5.41, 5.74) is -1.29. The van der Waals surface area contributed by atoms with Gasteiger partial charge >= 0.3 is 5.69 Å². The second-order valence-electron chi connectivity index (χ2n) is 5.52. The number of ether oxygens (including phenoxy) is 1. The minimum atomic E-state index is -1.10. The van der Waals surface area contributed by atoms with E-state index < -0.39 is 16.3 Å². The summed E-state index contributed by atoms with van der Waals surface area (Å²) in [6.07, 6.45) is 2.28. The molecule has 1 N–H and O–H groups in total. The summed E-state index contributed by atoms with van der Waals surface area (Å²) >= 11 is 0. The van der Waals surface area contributed by atoms with Gasteiger partial charge in [-0.05, 0) is 26.0 Å². The van der Waals surface area contributed by atoms with Gasteiger partial charge in [-0.15, -0.1) is 0 Å². The third kappa shape index (κ3) is 4.06. The number of hydrogen-bond acceptors (Lipinski definition) is 5. The van der Waals surface area contributed by atoms with Gasteiger partial charge in [0.2, 0.25) is 5.91 Å². The van der Waals surface area contributed by atoms with Gasteiger partial charge in [0.05, 0.1) is 11.5 Å². The van der Waals surface area contributed by atoms with E-state index in [1.54, 1.807) is 19.9 Å². The van der Waals surface area contributed by atoms with Gasteiger partial charge in [-0.2, -0.15) is 5.10 Å². The maximum absolute atomic E-state index is 13.0. The van der Waals surface area contributed by atoms with Crippen molar-refractivity contribution < 1.29 is 18.8 Å². The second-order valence-corrected chi connectivity index (χ2v) is 5.52. The molecule has 0 atom stereocenters. The fourth-order valence-corrected chi connectivity index (χ4v) is 1.92. The monoisotopic (exact) mass is 336 g/mol. The summed E-state index contributed by atoms with van der Waals surface area (Å²) in [5, 5.41) is 17.2. The Bertz CT molecular complexity index is 745. The number of nitrogens with zero attached hydrogens (tertiary/aromatic N) is 3. The average molecular weight is 336 g/mol. The topological polar surface area (TPSA) is 99.3 Å². The Kier molecular flexibility index (Phi) is 5.12. The molecule has 0 saturated heterocycles. The van der Waals surface area contributed by atoms with Crippen LogP contribution in [0.3, 0.4) is 0 Å². The molecule has 8 nitrogen and oxygen atoms in total. The number of amides is 1. The standard InChI is InChI=1S/C15H17FN4O4/c1-15(2,19-10-12(9-18-19)20(22)23)14(21)17-6-7-24-13-5-3-4-11(16)8-13/h3-5,8-10H,6-7H2,1-2H3,(H,17,21). The van der Waals surface area contributed by atoms with E-state index in [9.17, 15) is 19.3 Å². The van der Waals surface area contributed by atoms with E-state index in [0.29, 0.717) is 5.75 Å². The van der Waals surface area contributed by atoms with Gasteiger partial charge in [-0.1, -0.05) is 6.07 Å². The van der Waals surface area contributed by atoms with Crippen molar-refractivity contribution in [3.8, 4) is 5.75 Å². The van der Waals surface area contributed by atoms with Crippen LogP contribution >= 0.6 is 0 Å². The number of hydrogen-bond donors (Lipinski definition) is 1. The largest absolute Gasteiger partial charge is 0.492 e. The number of nitrogens with one attached hydrogen (secondary N) is 1. The van der Waals surface area contributed by atoms with E-state index in [-0.39, 0.29) is 24.7 Å². The molecule has 1 aromatic heterocycles. The highest BCUT2D eigenvalue weighted by Crippen LogP contribution is 2.18. The zero-order chi connectivity index (χ0) is 17.7. The molecule has 1 amide bonds. The number of nitro groups is 1. The van der Waals surface area contributed by atoms with E-state index in [1.165, 1.54) is 29.1 Å². The first-order valence-corrected chi connectivity index (χ1v) is 7.17. The van der Waals surface area contributed by atoms with Crippen molar-refractivity contribution in [1.82, 2.24) is 15.1 Å². The Morgan fingerprint density at radius 3 is 2.88 bits per heavy atom. The molecule has 0 saturated carbocycles. The van der Waals surface area contributed by atoms with E-state index in [0.717, 1.165) is 6.20 Å². The minimum absolute atomic E-state index is 0.157. The molecule has 0 bridgehead atoms. The van der Waals surface area contributed by atoms with Crippen LogP contribution in [0.1, 0.15) is 13.8 Å². The van der Waals surface area contributed by atoms with E-state index >= 15 is 0 Å². The lowest BCUT2D eigenvalue weighted by molar-refractivity contribution is -0.385. The molecule has 0 fully saturated rings. The molecule has 2 rings (SSSR count). The van der Waals surface area contributed by atoms with Gasteiger partial charge in [0, 0.05) is 6.07 Å². The van der Waals surface area contributed by atoms with Gasteiger partial charge in [0.25, 0.3) is 0 Å². The molecule has 0 aliphatic rings. The molecule has 128 valence electrons. The molecule has 0 aliphatic carbocycles. The first-order valence-electron chi connectivity index (χ1n) is 7.17. The van der Waals surface area contributed by atoms with Crippen molar-refractivity contribution >= 4 is 11.6 Å². The van der Waals surface area contributed by atoms with Crippen LogP contribution in [0.5, 0.6) is 5.75 Å². The quantitative estimate of drug-likeness (QED) is 0.473. The molecule has 0 aliphatic heterocycles. The summed E-state index contributed by atoms with van der Waals surface area (Å²) < 4.78 is 19.6. The molecule has 9 heteroatoms. The Labute approximate surface area is 137 Å². The molecule has 0 spiro atoms. The van der Waals surface area contributed by atoms with Gasteiger partial charge in [-0.3, -0.25) is 19.6 Å². The Balaban J connectivity index is 1.87. The van der Waals surface area contributed by atoms with Gasteiger partial charge in [0.15, 0.2) is 0 Å². The van der Waals surface area contributed by atoms with Crippen molar-refractivity contribution in [3.63, 3.8) is 0 Å². The van der Waals surface area contributed by atoms with Crippen molar-refractivity contribution in [3.05, 3.63) is 52.6 Å². The normalized spacial score (nSPS) is 11.1. The second kappa shape index (κ2) is 7.07. The van der Waals surface area contributed by atoms with E-state index in [2.05, 4.69) is 10.4 Å². The molecule has 1 aromatic carbocycles. The number of halogens is 1. The molecular formula is C15H17FN4O4. The smallest absolute Gasteiger partial charge is 0.307 e. The van der Waals surface area contributed by atoms with Crippen molar-refractivity contribution in [2.24, 2.45) is 0 Å². The number of rotatable bonds is 7. The summed E-state index contributed by atoms with van der Waals surface area (Å²) in [6.45, 7) is 3.53. The maximum Gasteiger partial charge on any atom is 0.307 e. The van der Waals surface area contributed by atoms with E-state index in [4.69, 9.17) is 4.74 Å². The van der Waals surface area contributed by atoms with Crippen molar-refractivity contribution in [1.29, 1.82) is 0 Å². The van der Waals surface area contributed by atoms with Crippen molar-refractivity contribution in [2.45, 2.75) is 19.4 Å². The van der Waals surface area contributed by atoms with Gasteiger partial charge < -0.3 is 10.1 Å². The predicted octanol–water partition coefficient (Wildman–Crippen LogP) is 1.86. The molecule has 0 unspecified atom stereocenters. The lowest BCUT2D eigenvalue weighted by Gasteiger charge is -2.23. The van der Waals surface area contributed by atoms with Crippen LogP contribution in [0.4, 0.5) is 10.1 Å². The van der Waals surface area contributed by atoms with Crippen LogP contribution in [0, 0.1) is 15.9 Å². The summed E-state index contributed by atoms with van der Waals surface area (Å²) in [4.78, 5) is 22.4. The summed E-state index contributed by atoms with van der Waals surface area (Å²) in [5.74, 6) is -0.410.